The first kappa shape index (κ1) is 13.3. The molecule has 94 valence electrons. The van der Waals surface area contributed by atoms with Crippen LogP contribution in [0.1, 0.15) is 10.4 Å². The number of anilines is 2. The van der Waals surface area contributed by atoms with Gasteiger partial charge in [-0.25, -0.2) is 9.78 Å². The molecule has 0 saturated heterocycles. The Morgan fingerprint density at radius 1 is 1.17 bits per heavy atom. The Kier molecular flexibility index (Phi) is 4.50. The molecule has 0 atom stereocenters. The van der Waals surface area contributed by atoms with Crippen LogP contribution in [-0.4, -0.2) is 11.1 Å². The van der Waals surface area contributed by atoms with Crippen LogP contribution >= 0.6 is 0 Å². The van der Waals surface area contributed by atoms with E-state index in [2.05, 4.69) is 4.98 Å². The minimum Gasteiger partial charge on any atom is -0.872 e. The maximum absolute atomic E-state index is 10.5. The van der Waals surface area contributed by atoms with Crippen molar-refractivity contribution in [1.29, 1.82) is 0 Å². The number of pyridine rings is 1. The molecule has 0 unspecified atom stereocenters. The number of carbonyl (C=O) groups is 1. The SMILES string of the molecule is Nc1ccc[nH+]c1N.O=C(O)c1ccc([O-])cc1. The van der Waals surface area contributed by atoms with Crippen molar-refractivity contribution in [2.75, 3.05) is 11.5 Å². The van der Waals surface area contributed by atoms with Crippen molar-refractivity contribution in [3.63, 3.8) is 0 Å². The molecule has 0 saturated carbocycles. The summed E-state index contributed by atoms with van der Waals surface area (Å²) in [7, 11) is 0. The molecule has 0 aliphatic rings. The van der Waals surface area contributed by atoms with Gasteiger partial charge in [0.15, 0.2) is 0 Å². The summed E-state index contributed by atoms with van der Waals surface area (Å²) >= 11 is 0. The van der Waals surface area contributed by atoms with Crippen LogP contribution in [0.4, 0.5) is 11.5 Å². The summed E-state index contributed by atoms with van der Waals surface area (Å²) in [4.78, 5) is 13.0. The molecule has 18 heavy (non-hydrogen) atoms. The fourth-order valence-electron chi connectivity index (χ4n) is 1.06. The van der Waals surface area contributed by atoms with Crippen LogP contribution in [0.3, 0.4) is 0 Å². The van der Waals surface area contributed by atoms with E-state index >= 15 is 0 Å². The van der Waals surface area contributed by atoms with Crippen LogP contribution in [0.15, 0.2) is 42.6 Å². The molecule has 0 aliphatic heterocycles. The van der Waals surface area contributed by atoms with Gasteiger partial charge in [0.1, 0.15) is 5.69 Å². The van der Waals surface area contributed by atoms with Crippen LogP contribution in [-0.2, 0) is 0 Å². The number of benzene rings is 1. The van der Waals surface area contributed by atoms with E-state index in [1.165, 1.54) is 24.3 Å². The maximum atomic E-state index is 10.5. The lowest BCUT2D eigenvalue weighted by Crippen LogP contribution is -2.11. The van der Waals surface area contributed by atoms with E-state index in [1.807, 2.05) is 0 Å². The predicted molar refractivity (Wildman–Crippen MR) is 64.7 cm³/mol. The van der Waals surface area contributed by atoms with Crippen molar-refractivity contribution in [2.45, 2.75) is 0 Å². The molecule has 0 spiro atoms. The van der Waals surface area contributed by atoms with Gasteiger partial charge in [-0.05, 0) is 24.3 Å². The first-order valence-corrected chi connectivity index (χ1v) is 5.02. The topological polar surface area (TPSA) is 127 Å². The van der Waals surface area contributed by atoms with E-state index in [1.54, 1.807) is 18.3 Å². The van der Waals surface area contributed by atoms with Gasteiger partial charge >= 0.3 is 5.97 Å². The van der Waals surface area contributed by atoms with Gasteiger partial charge in [0, 0.05) is 0 Å². The summed E-state index contributed by atoms with van der Waals surface area (Å²) in [5.74, 6) is -0.669. The second kappa shape index (κ2) is 6.09. The number of hydrogen-bond acceptors (Lipinski definition) is 4. The van der Waals surface area contributed by atoms with Gasteiger partial charge < -0.3 is 15.9 Å². The average molecular weight is 247 g/mol. The number of rotatable bonds is 1. The third kappa shape index (κ3) is 4.01. The summed E-state index contributed by atoms with van der Waals surface area (Å²) in [5.41, 5.74) is 11.4. The molecule has 0 fully saturated rings. The summed E-state index contributed by atoms with van der Waals surface area (Å²) < 4.78 is 0. The molecule has 2 rings (SSSR count). The van der Waals surface area contributed by atoms with Gasteiger partial charge in [-0.2, -0.15) is 0 Å². The number of carboxylic acid groups (broad SMARTS) is 1. The predicted octanol–water partition coefficient (Wildman–Crippen LogP) is 0.123. The molecular formula is C12H13N3O3. The van der Waals surface area contributed by atoms with Crippen molar-refractivity contribution in [3.05, 3.63) is 48.2 Å². The average Bonchev–Trinajstić information content (AvgIpc) is 2.34. The van der Waals surface area contributed by atoms with E-state index in [0.717, 1.165) is 0 Å². The second-order valence-corrected chi connectivity index (χ2v) is 3.37. The fourth-order valence-corrected chi connectivity index (χ4v) is 1.06. The number of nitrogens with one attached hydrogen (secondary N) is 1. The molecule has 0 amide bonds. The maximum Gasteiger partial charge on any atom is 0.335 e. The zero-order valence-electron chi connectivity index (χ0n) is 9.46. The zero-order chi connectivity index (χ0) is 13.5. The number of aromatic carboxylic acids is 1. The normalized spacial score (nSPS) is 9.11. The summed E-state index contributed by atoms with van der Waals surface area (Å²) in [5, 5.41) is 18.8. The highest BCUT2D eigenvalue weighted by molar-refractivity contribution is 5.87. The van der Waals surface area contributed by atoms with Gasteiger partial charge in [0.25, 0.3) is 5.82 Å². The van der Waals surface area contributed by atoms with E-state index in [-0.39, 0.29) is 11.3 Å². The van der Waals surface area contributed by atoms with Gasteiger partial charge in [-0.15, -0.1) is 5.75 Å². The molecular weight excluding hydrogens is 234 g/mol. The molecule has 0 aliphatic carbocycles. The van der Waals surface area contributed by atoms with Crippen molar-refractivity contribution in [3.8, 4) is 5.75 Å². The number of H-pyrrole nitrogens is 1. The Balaban J connectivity index is 0.000000184. The van der Waals surface area contributed by atoms with Gasteiger partial charge in [0.2, 0.25) is 0 Å². The van der Waals surface area contributed by atoms with Crippen molar-refractivity contribution >= 4 is 17.5 Å². The first-order valence-electron chi connectivity index (χ1n) is 5.02. The monoisotopic (exact) mass is 247 g/mol. The molecule has 2 aromatic rings. The third-order valence-corrected chi connectivity index (χ3v) is 2.02. The first-order chi connectivity index (χ1) is 8.50. The van der Waals surface area contributed by atoms with E-state index < -0.39 is 5.97 Å². The number of nitrogen functional groups attached to an aromatic ring is 2. The van der Waals surface area contributed by atoms with Crippen LogP contribution in [0.25, 0.3) is 0 Å². The highest BCUT2D eigenvalue weighted by Crippen LogP contribution is 2.05. The van der Waals surface area contributed by atoms with Crippen LogP contribution < -0.4 is 21.6 Å². The molecule has 0 radical (unpaired) electrons. The number of hydrogen-bond donors (Lipinski definition) is 3. The highest BCUT2D eigenvalue weighted by atomic mass is 16.4. The minimum atomic E-state index is -1.01. The van der Waals surface area contributed by atoms with Crippen molar-refractivity contribution in [2.24, 2.45) is 0 Å². The molecule has 1 aromatic carbocycles. The van der Waals surface area contributed by atoms with Crippen molar-refractivity contribution in [1.82, 2.24) is 0 Å². The number of aromatic amines is 1. The Morgan fingerprint density at radius 3 is 2.17 bits per heavy atom. The molecule has 1 heterocycles. The minimum absolute atomic E-state index is 0.139. The van der Waals surface area contributed by atoms with Crippen molar-refractivity contribution < 1.29 is 20.0 Å². The lowest BCUT2D eigenvalue weighted by atomic mass is 10.2. The van der Waals surface area contributed by atoms with Crippen LogP contribution in [0, 0.1) is 0 Å². The lowest BCUT2D eigenvalue weighted by molar-refractivity contribution is -0.359. The van der Waals surface area contributed by atoms with Gasteiger partial charge in [0.05, 0.1) is 11.8 Å². The molecule has 6 N–H and O–H groups in total. The summed E-state index contributed by atoms with van der Waals surface area (Å²) in [6.07, 6.45) is 1.73. The third-order valence-electron chi connectivity index (χ3n) is 2.02. The fraction of sp³-hybridized carbons (Fsp3) is 0. The summed E-state index contributed by atoms with van der Waals surface area (Å²) in [6, 6.07) is 8.56. The lowest BCUT2D eigenvalue weighted by Gasteiger charge is -2.02. The Bertz CT molecular complexity index is 505. The number of nitrogens with two attached hydrogens (primary N) is 2. The van der Waals surface area contributed by atoms with E-state index in [9.17, 15) is 9.90 Å². The zero-order valence-corrected chi connectivity index (χ0v) is 9.46. The second-order valence-electron chi connectivity index (χ2n) is 3.37. The van der Waals surface area contributed by atoms with Gasteiger partial charge in [-0.3, -0.25) is 5.73 Å². The Hall–Kier alpha value is -2.76. The Morgan fingerprint density at radius 2 is 1.78 bits per heavy atom. The number of aromatic nitrogens is 1. The Labute approximate surface area is 104 Å². The number of carboxylic acids is 1. The van der Waals surface area contributed by atoms with E-state index in [0.29, 0.717) is 11.5 Å². The van der Waals surface area contributed by atoms with Crippen LogP contribution in [0.5, 0.6) is 5.75 Å². The van der Waals surface area contributed by atoms with Gasteiger partial charge in [-0.1, -0.05) is 12.1 Å². The highest BCUT2D eigenvalue weighted by Gasteiger charge is 1.97. The van der Waals surface area contributed by atoms with E-state index in [4.69, 9.17) is 16.6 Å². The molecule has 6 nitrogen and oxygen atoms in total. The molecule has 6 heteroatoms. The molecule has 0 bridgehead atoms. The quantitative estimate of drug-likeness (QED) is 0.659. The summed E-state index contributed by atoms with van der Waals surface area (Å²) in [6.45, 7) is 0. The largest absolute Gasteiger partial charge is 0.872 e. The standard InChI is InChI=1S/C7H6O3.C5H7N3/c8-6-3-1-5(2-4-6)7(9)10;6-4-2-1-3-8-5(4)7/h1-4,8H,(H,9,10);1-3H,6H2,(H2,7,8). The molecule has 1 aromatic heterocycles. The van der Waals surface area contributed by atoms with Crippen LogP contribution in [0.2, 0.25) is 0 Å². The smallest absolute Gasteiger partial charge is 0.335 e.